The van der Waals surface area contributed by atoms with E-state index in [0.29, 0.717) is 0 Å². The predicted molar refractivity (Wildman–Crippen MR) is 65.9 cm³/mol. The van der Waals surface area contributed by atoms with Crippen molar-refractivity contribution in [3.05, 3.63) is 53.6 Å². The molecule has 0 bridgehead atoms. The second kappa shape index (κ2) is 6.69. The maximum absolute atomic E-state index is 10.6. The molecule has 104 valence electrons. The number of carboxylic acids is 3. The highest BCUT2D eigenvalue weighted by molar-refractivity contribution is 6.03. The Morgan fingerprint density at radius 1 is 0.950 bits per heavy atom. The smallest absolute Gasteiger partial charge is 0.336 e. The summed E-state index contributed by atoms with van der Waals surface area (Å²) in [4.78, 5) is 38.2. The van der Waals surface area contributed by atoms with Crippen molar-refractivity contribution in [3.63, 3.8) is 0 Å². The van der Waals surface area contributed by atoms with E-state index in [1.807, 2.05) is 0 Å². The van der Waals surface area contributed by atoms with Crippen molar-refractivity contribution in [3.8, 4) is 0 Å². The summed E-state index contributed by atoms with van der Waals surface area (Å²) < 4.78 is 0. The third-order valence-electron chi connectivity index (χ3n) is 2.13. The number of aromatic carboxylic acids is 3. The molecule has 0 saturated carbocycles. The highest BCUT2D eigenvalue weighted by Gasteiger charge is 2.17. The number of benzene rings is 1. The molecule has 0 amide bonds. The molecule has 8 heteroatoms. The molecule has 0 fully saturated rings. The fourth-order valence-corrected chi connectivity index (χ4v) is 1.26. The monoisotopic (exact) mass is 278 g/mol. The number of nitrogens with zero attached hydrogens (tertiary/aromatic N) is 1. The molecule has 1 aromatic carbocycles. The molecule has 0 aliphatic heterocycles. The summed E-state index contributed by atoms with van der Waals surface area (Å²) in [6, 6.07) is 2.81. The van der Waals surface area contributed by atoms with Gasteiger partial charge in [0.1, 0.15) is 0 Å². The predicted octanol–water partition coefficient (Wildman–Crippen LogP) is 1.19. The maximum Gasteiger partial charge on any atom is 0.336 e. The van der Waals surface area contributed by atoms with Crippen molar-refractivity contribution in [1.29, 1.82) is 0 Å². The maximum atomic E-state index is 10.6. The Hall–Kier alpha value is -3.16. The van der Waals surface area contributed by atoms with Gasteiger partial charge in [-0.3, -0.25) is 0 Å². The van der Waals surface area contributed by atoms with Crippen molar-refractivity contribution < 1.29 is 29.7 Å². The summed E-state index contributed by atoms with van der Waals surface area (Å²) >= 11 is 0. The van der Waals surface area contributed by atoms with E-state index in [0.717, 1.165) is 18.2 Å². The number of carbonyl (C=O) groups is 3. The molecule has 2 rings (SSSR count). The van der Waals surface area contributed by atoms with E-state index in [1.165, 1.54) is 0 Å². The fourth-order valence-electron chi connectivity index (χ4n) is 1.26. The van der Waals surface area contributed by atoms with Crippen molar-refractivity contribution >= 4 is 17.9 Å². The zero-order valence-electron chi connectivity index (χ0n) is 9.98. The SMILES string of the molecule is O=C(O)c1ccc(C(=O)O)c(C(=O)O)c1.c1c[nH]cn1. The van der Waals surface area contributed by atoms with Crippen molar-refractivity contribution in [1.82, 2.24) is 9.97 Å². The average molecular weight is 278 g/mol. The topological polar surface area (TPSA) is 141 Å². The molecule has 0 unspecified atom stereocenters. The minimum absolute atomic E-state index is 0.266. The summed E-state index contributed by atoms with van der Waals surface area (Å²) in [6.45, 7) is 0. The molecule has 4 N–H and O–H groups in total. The van der Waals surface area contributed by atoms with Gasteiger partial charge in [0, 0.05) is 12.4 Å². The van der Waals surface area contributed by atoms with Crippen LogP contribution in [0.3, 0.4) is 0 Å². The Labute approximate surface area is 112 Å². The van der Waals surface area contributed by atoms with Crippen molar-refractivity contribution in [2.45, 2.75) is 0 Å². The van der Waals surface area contributed by atoms with E-state index in [1.54, 1.807) is 18.7 Å². The van der Waals surface area contributed by atoms with Gasteiger partial charge in [0.15, 0.2) is 0 Å². The number of nitrogens with one attached hydrogen (secondary N) is 1. The van der Waals surface area contributed by atoms with Gasteiger partial charge in [-0.1, -0.05) is 0 Å². The number of aromatic nitrogens is 2. The van der Waals surface area contributed by atoms with Gasteiger partial charge in [0.05, 0.1) is 23.0 Å². The number of rotatable bonds is 3. The summed E-state index contributed by atoms with van der Waals surface area (Å²) in [6.07, 6.45) is 5.08. The molecular formula is C12H10N2O6. The molecule has 2 aromatic rings. The highest BCUT2D eigenvalue weighted by atomic mass is 16.4. The number of hydrogen-bond acceptors (Lipinski definition) is 4. The van der Waals surface area contributed by atoms with Gasteiger partial charge in [0.2, 0.25) is 0 Å². The zero-order chi connectivity index (χ0) is 15.1. The summed E-state index contributed by atoms with van der Waals surface area (Å²) in [7, 11) is 0. The van der Waals surface area contributed by atoms with Crippen molar-refractivity contribution in [2.75, 3.05) is 0 Å². The van der Waals surface area contributed by atoms with Crippen LogP contribution in [0.15, 0.2) is 36.9 Å². The molecule has 1 aromatic heterocycles. The van der Waals surface area contributed by atoms with Gasteiger partial charge in [-0.15, -0.1) is 0 Å². The van der Waals surface area contributed by atoms with E-state index in [2.05, 4.69) is 9.97 Å². The van der Waals surface area contributed by atoms with Gasteiger partial charge >= 0.3 is 17.9 Å². The Kier molecular flexibility index (Phi) is 4.98. The number of H-pyrrole nitrogens is 1. The van der Waals surface area contributed by atoms with Crippen LogP contribution in [0.4, 0.5) is 0 Å². The number of hydrogen-bond donors (Lipinski definition) is 4. The first-order valence-corrected chi connectivity index (χ1v) is 5.20. The van der Waals surface area contributed by atoms with E-state index in [9.17, 15) is 14.4 Å². The third-order valence-corrected chi connectivity index (χ3v) is 2.13. The zero-order valence-corrected chi connectivity index (χ0v) is 9.98. The minimum atomic E-state index is -1.48. The molecule has 0 radical (unpaired) electrons. The third kappa shape index (κ3) is 3.95. The Morgan fingerprint density at radius 3 is 1.95 bits per heavy atom. The lowest BCUT2D eigenvalue weighted by atomic mass is 10.0. The second-order valence-electron chi connectivity index (χ2n) is 3.44. The first-order valence-electron chi connectivity index (χ1n) is 5.20. The Morgan fingerprint density at radius 2 is 1.60 bits per heavy atom. The molecular weight excluding hydrogens is 268 g/mol. The van der Waals surface area contributed by atoms with E-state index in [-0.39, 0.29) is 5.56 Å². The van der Waals surface area contributed by atoms with Crippen LogP contribution in [0.25, 0.3) is 0 Å². The van der Waals surface area contributed by atoms with E-state index in [4.69, 9.17) is 15.3 Å². The number of aromatic amines is 1. The van der Waals surface area contributed by atoms with Crippen LogP contribution in [0, 0.1) is 0 Å². The van der Waals surface area contributed by atoms with Crippen LogP contribution in [0.2, 0.25) is 0 Å². The quantitative estimate of drug-likeness (QED) is 0.660. The minimum Gasteiger partial charge on any atom is -0.478 e. The first kappa shape index (κ1) is 14.9. The first-order chi connectivity index (χ1) is 9.43. The lowest BCUT2D eigenvalue weighted by Gasteiger charge is -2.02. The number of imidazole rings is 1. The number of carboxylic acid groups (broad SMARTS) is 3. The molecule has 8 nitrogen and oxygen atoms in total. The van der Waals surface area contributed by atoms with E-state index < -0.39 is 29.0 Å². The van der Waals surface area contributed by atoms with Crippen LogP contribution >= 0.6 is 0 Å². The Bertz CT molecular complexity index is 604. The van der Waals surface area contributed by atoms with Gasteiger partial charge in [-0.2, -0.15) is 0 Å². The summed E-state index contributed by atoms with van der Waals surface area (Å²) in [5.74, 6) is -4.20. The molecule has 0 aliphatic rings. The second-order valence-corrected chi connectivity index (χ2v) is 3.44. The van der Waals surface area contributed by atoms with Gasteiger partial charge in [-0.05, 0) is 18.2 Å². The van der Waals surface area contributed by atoms with Crippen LogP contribution in [-0.4, -0.2) is 43.2 Å². The summed E-state index contributed by atoms with van der Waals surface area (Å²) in [5.41, 5.74) is -1.24. The molecule has 1 heterocycles. The normalized spacial score (nSPS) is 9.20. The van der Waals surface area contributed by atoms with Gasteiger partial charge in [0.25, 0.3) is 0 Å². The van der Waals surface area contributed by atoms with Gasteiger partial charge < -0.3 is 20.3 Å². The molecule has 20 heavy (non-hydrogen) atoms. The molecule has 0 spiro atoms. The van der Waals surface area contributed by atoms with Crippen LogP contribution in [0.1, 0.15) is 31.1 Å². The Balaban J connectivity index is 0.000000333. The standard InChI is InChI=1S/C9H6O6.C3H4N2/c10-7(11)4-1-2-5(8(12)13)6(3-4)9(14)15;1-2-5-3-4-1/h1-3H,(H,10,11)(H,12,13)(H,14,15);1-3H,(H,4,5). The van der Waals surface area contributed by atoms with Crippen LogP contribution in [0.5, 0.6) is 0 Å². The van der Waals surface area contributed by atoms with E-state index >= 15 is 0 Å². The average Bonchev–Trinajstić information content (AvgIpc) is 2.96. The van der Waals surface area contributed by atoms with Crippen LogP contribution in [-0.2, 0) is 0 Å². The van der Waals surface area contributed by atoms with Crippen molar-refractivity contribution in [2.24, 2.45) is 0 Å². The fraction of sp³-hybridized carbons (Fsp3) is 0. The molecule has 0 aliphatic carbocycles. The lowest BCUT2D eigenvalue weighted by molar-refractivity contribution is 0.0649. The van der Waals surface area contributed by atoms with Gasteiger partial charge in [-0.25, -0.2) is 19.4 Å². The van der Waals surface area contributed by atoms with Crippen LogP contribution < -0.4 is 0 Å². The summed E-state index contributed by atoms with van der Waals surface area (Å²) in [5, 5.41) is 25.9. The molecule has 0 atom stereocenters. The molecule has 0 saturated heterocycles. The highest BCUT2D eigenvalue weighted by Crippen LogP contribution is 2.12. The largest absolute Gasteiger partial charge is 0.478 e. The lowest BCUT2D eigenvalue weighted by Crippen LogP contribution is -2.10.